The Balaban J connectivity index is 0.872. The van der Waals surface area contributed by atoms with E-state index in [1.54, 1.807) is 11.1 Å². The van der Waals surface area contributed by atoms with Crippen molar-refractivity contribution >= 4 is 60.8 Å². The number of fused-ring (bicyclic) bond motifs is 15. The molecular weight excluding hydrogens is 753 g/mol. The van der Waals surface area contributed by atoms with Gasteiger partial charge in [-0.25, -0.2) is 0 Å². The lowest BCUT2D eigenvalue weighted by Crippen LogP contribution is -2.50. The molecule has 6 unspecified atom stereocenters. The third-order valence-corrected chi connectivity index (χ3v) is 16.9. The van der Waals surface area contributed by atoms with E-state index in [0.29, 0.717) is 5.41 Å². The van der Waals surface area contributed by atoms with E-state index in [2.05, 4.69) is 185 Å². The number of anilines is 3. The van der Waals surface area contributed by atoms with Crippen molar-refractivity contribution in [2.24, 2.45) is 29.1 Å². The summed E-state index contributed by atoms with van der Waals surface area (Å²) in [5.41, 5.74) is 18.2. The minimum atomic E-state index is 0.203. The first kappa shape index (κ1) is 33.8. The predicted octanol–water partition coefficient (Wildman–Crippen LogP) is 15.5. The molecule has 0 saturated heterocycles. The van der Waals surface area contributed by atoms with Gasteiger partial charge in [-0.3, -0.25) is 0 Å². The minimum Gasteiger partial charge on any atom is -0.456 e. The van der Waals surface area contributed by atoms with Gasteiger partial charge in [0, 0.05) is 55.8 Å². The van der Waals surface area contributed by atoms with Gasteiger partial charge < -0.3 is 13.9 Å². The van der Waals surface area contributed by atoms with Crippen LogP contribution in [0.5, 0.6) is 0 Å². The fourth-order valence-corrected chi connectivity index (χ4v) is 14.7. The molecule has 6 atom stereocenters. The van der Waals surface area contributed by atoms with Gasteiger partial charge in [0.25, 0.3) is 0 Å². The third kappa shape index (κ3) is 4.22. The Morgan fingerprint density at radius 2 is 1.15 bits per heavy atom. The highest BCUT2D eigenvalue weighted by atomic mass is 16.3. The molecule has 3 heteroatoms. The average molecular weight is 797 g/mol. The average Bonchev–Trinajstić information content (AvgIpc) is 4.04. The highest BCUT2D eigenvalue weighted by Crippen LogP contribution is 2.83. The monoisotopic (exact) mass is 796 g/mol. The van der Waals surface area contributed by atoms with Crippen molar-refractivity contribution in [3.8, 4) is 27.9 Å². The van der Waals surface area contributed by atoms with E-state index in [4.69, 9.17) is 4.42 Å². The lowest BCUT2D eigenvalue weighted by Gasteiger charge is -2.54. The van der Waals surface area contributed by atoms with Crippen LogP contribution >= 0.6 is 0 Å². The van der Waals surface area contributed by atoms with Gasteiger partial charge in [0.05, 0.1) is 11.0 Å². The molecule has 0 amide bonds. The van der Waals surface area contributed by atoms with Gasteiger partial charge in [-0.1, -0.05) is 109 Å². The molecule has 2 spiro atoms. The topological polar surface area (TPSA) is 21.3 Å². The minimum absolute atomic E-state index is 0.203. The molecular formula is C59H44N2O. The van der Waals surface area contributed by atoms with Crippen LogP contribution in [0.1, 0.15) is 43.2 Å². The second-order valence-electron chi connectivity index (χ2n) is 19.4. The standard InChI is InChI=1S/C59H44N2O/c1-2-10-41(11-3-1)61-53-16-8-5-13-46(53)47-25-23-43(32-54(47)61)60(44-24-26-49-48-14-6-9-17-55(48)62-56(49)33-44)42-21-18-37(19-22-42)38-20-27-52-50(30-38)45-12-4-7-15-51(45)59(52)40-29-36-28-39-31-57(59)58(39,34-36)35-40/h1-27,30,32-33,36,39-40,57H,28-29,31,34-35H2. The van der Waals surface area contributed by atoms with E-state index >= 15 is 0 Å². The summed E-state index contributed by atoms with van der Waals surface area (Å²) in [5, 5.41) is 4.76. The van der Waals surface area contributed by atoms with Crippen molar-refractivity contribution in [3.05, 3.63) is 193 Å². The summed E-state index contributed by atoms with van der Waals surface area (Å²) in [6.07, 6.45) is 7.32. The number of rotatable bonds is 5. The van der Waals surface area contributed by atoms with Crippen molar-refractivity contribution in [1.82, 2.24) is 4.57 Å². The van der Waals surface area contributed by atoms with E-state index in [-0.39, 0.29) is 5.41 Å². The van der Waals surface area contributed by atoms with Crippen molar-refractivity contribution in [2.45, 2.75) is 37.5 Å². The maximum atomic E-state index is 6.49. The number of hydrogen-bond donors (Lipinski definition) is 0. The lowest BCUT2D eigenvalue weighted by molar-refractivity contribution is -0.0193. The number of benzene rings is 8. The van der Waals surface area contributed by atoms with Gasteiger partial charge in [0.2, 0.25) is 0 Å². The Morgan fingerprint density at radius 1 is 0.468 bits per heavy atom. The van der Waals surface area contributed by atoms with Gasteiger partial charge in [-0.2, -0.15) is 0 Å². The number of furan rings is 1. The van der Waals surface area contributed by atoms with Gasteiger partial charge in [0.15, 0.2) is 0 Å². The molecule has 10 aromatic rings. The molecule has 296 valence electrons. The summed E-state index contributed by atoms with van der Waals surface area (Å²) in [6, 6.07) is 67.8. The van der Waals surface area contributed by atoms with Crippen LogP contribution in [0.3, 0.4) is 0 Å². The second-order valence-corrected chi connectivity index (χ2v) is 19.4. The Labute approximate surface area is 360 Å². The third-order valence-electron chi connectivity index (χ3n) is 16.9. The van der Waals surface area contributed by atoms with Crippen LogP contribution in [-0.4, -0.2) is 4.57 Å². The van der Waals surface area contributed by atoms with Gasteiger partial charge in [-0.05, 0) is 161 Å². The van der Waals surface area contributed by atoms with E-state index in [0.717, 1.165) is 68.4 Å². The molecule has 0 radical (unpaired) electrons. The van der Waals surface area contributed by atoms with Crippen LogP contribution in [0, 0.1) is 29.1 Å². The largest absolute Gasteiger partial charge is 0.456 e. The molecule has 0 N–H and O–H groups in total. The first-order chi connectivity index (χ1) is 30.7. The van der Waals surface area contributed by atoms with Crippen molar-refractivity contribution in [3.63, 3.8) is 0 Å². The normalized spacial score (nSPS) is 24.9. The molecule has 0 aliphatic heterocycles. The van der Waals surface area contributed by atoms with E-state index in [9.17, 15) is 0 Å². The highest BCUT2D eigenvalue weighted by Gasteiger charge is 2.76. The maximum absolute atomic E-state index is 6.49. The molecule has 2 heterocycles. The first-order valence-corrected chi connectivity index (χ1v) is 22.8. The fourth-order valence-electron chi connectivity index (χ4n) is 14.7. The quantitative estimate of drug-likeness (QED) is 0.173. The highest BCUT2D eigenvalue weighted by molar-refractivity contribution is 6.11. The van der Waals surface area contributed by atoms with Crippen molar-refractivity contribution < 1.29 is 4.42 Å². The maximum Gasteiger partial charge on any atom is 0.137 e. The number of para-hydroxylation sites is 3. The summed E-state index contributed by atoms with van der Waals surface area (Å²) in [7, 11) is 0. The Bertz CT molecular complexity index is 3500. The molecule has 4 saturated carbocycles. The summed E-state index contributed by atoms with van der Waals surface area (Å²) < 4.78 is 8.89. The molecule has 3 bridgehead atoms. The summed E-state index contributed by atoms with van der Waals surface area (Å²) in [4.78, 5) is 2.39. The predicted molar refractivity (Wildman–Crippen MR) is 254 cm³/mol. The van der Waals surface area contributed by atoms with Crippen molar-refractivity contribution in [2.75, 3.05) is 4.90 Å². The van der Waals surface area contributed by atoms with Crippen LogP contribution < -0.4 is 4.90 Å². The van der Waals surface area contributed by atoms with E-state index < -0.39 is 0 Å². The molecule has 5 aliphatic carbocycles. The van der Waals surface area contributed by atoms with Crippen LogP contribution in [-0.2, 0) is 5.41 Å². The number of nitrogens with zero attached hydrogens (tertiary/aromatic N) is 2. The molecule has 8 aromatic carbocycles. The van der Waals surface area contributed by atoms with Gasteiger partial charge in [0.1, 0.15) is 11.2 Å². The lowest BCUT2D eigenvalue weighted by atomic mass is 9.49. The van der Waals surface area contributed by atoms with Gasteiger partial charge in [-0.15, -0.1) is 0 Å². The summed E-state index contributed by atoms with van der Waals surface area (Å²) >= 11 is 0. The zero-order valence-corrected chi connectivity index (χ0v) is 34.5. The molecule has 3 nitrogen and oxygen atoms in total. The Hall–Kier alpha value is -6.84. The van der Waals surface area contributed by atoms with Crippen LogP contribution in [0.15, 0.2) is 186 Å². The molecule has 5 aliphatic rings. The fraction of sp³-hybridized carbons (Fsp3) is 0.186. The smallest absolute Gasteiger partial charge is 0.137 e. The molecule has 15 rings (SSSR count). The van der Waals surface area contributed by atoms with E-state index in [1.165, 1.54) is 76.2 Å². The molecule has 4 fully saturated rings. The Morgan fingerprint density at radius 3 is 2.05 bits per heavy atom. The second kappa shape index (κ2) is 12.0. The SMILES string of the molecule is c1ccc(-n2c3ccccc3c3ccc(N(c4ccc(-c5ccc6c(c5)-c5ccccc5C65C6CC7CC8CC5C8(C7)C6)cc4)c4ccc5c(c4)oc4ccccc45)cc32)cc1. The van der Waals surface area contributed by atoms with Crippen LogP contribution in [0.2, 0.25) is 0 Å². The zero-order chi connectivity index (χ0) is 40.3. The Kier molecular flexibility index (Phi) is 6.52. The number of hydrogen-bond acceptors (Lipinski definition) is 2. The van der Waals surface area contributed by atoms with Crippen LogP contribution in [0.25, 0.3) is 71.7 Å². The van der Waals surface area contributed by atoms with Crippen LogP contribution in [0.4, 0.5) is 17.1 Å². The zero-order valence-electron chi connectivity index (χ0n) is 34.5. The van der Waals surface area contributed by atoms with E-state index in [1.807, 2.05) is 6.07 Å². The summed E-state index contributed by atoms with van der Waals surface area (Å²) in [6.45, 7) is 0. The summed E-state index contributed by atoms with van der Waals surface area (Å²) in [5.74, 6) is 3.52. The molecule has 62 heavy (non-hydrogen) atoms. The van der Waals surface area contributed by atoms with Gasteiger partial charge >= 0.3 is 0 Å². The van der Waals surface area contributed by atoms with Crippen molar-refractivity contribution in [1.29, 1.82) is 0 Å². The number of aromatic nitrogens is 1. The molecule has 2 aromatic heterocycles. The first-order valence-electron chi connectivity index (χ1n) is 22.8.